The summed E-state index contributed by atoms with van der Waals surface area (Å²) in [4.78, 5) is 30.2. The van der Waals surface area contributed by atoms with Gasteiger partial charge in [0, 0.05) is 60.6 Å². The Morgan fingerprint density at radius 3 is 1.95 bits per heavy atom. The molecular formula is C29H39F2N4O2P. The van der Waals surface area contributed by atoms with Gasteiger partial charge in [0.05, 0.1) is 0 Å². The van der Waals surface area contributed by atoms with E-state index in [1.165, 1.54) is 12.1 Å². The van der Waals surface area contributed by atoms with Gasteiger partial charge in [-0.2, -0.15) is 8.78 Å². The Labute approximate surface area is 227 Å². The average molecular weight is 545 g/mol. The van der Waals surface area contributed by atoms with E-state index in [9.17, 15) is 13.6 Å². The summed E-state index contributed by atoms with van der Waals surface area (Å²) in [5.41, 5.74) is 0.514. The summed E-state index contributed by atoms with van der Waals surface area (Å²) in [5, 5.41) is 3.01. The molecule has 0 bridgehead atoms. The highest BCUT2D eigenvalue weighted by Gasteiger charge is 2.24. The highest BCUT2D eigenvalue weighted by atomic mass is 31.0. The lowest BCUT2D eigenvalue weighted by Crippen LogP contribution is -2.24. The normalized spacial score (nSPS) is 9.87. The van der Waals surface area contributed by atoms with Gasteiger partial charge in [-0.15, -0.1) is 13.2 Å². The van der Waals surface area contributed by atoms with Gasteiger partial charge >= 0.3 is 0 Å². The highest BCUT2D eigenvalue weighted by molar-refractivity contribution is 7.17. The van der Waals surface area contributed by atoms with Crippen LogP contribution in [0.5, 0.6) is 0 Å². The molecule has 0 aliphatic heterocycles. The number of aromatic nitrogens is 2. The fourth-order valence-electron chi connectivity index (χ4n) is 3.43. The first-order chi connectivity index (χ1) is 18.2. The number of Topliss-reactive ketones (excluding diaryl/α,β-unsaturated/α-hetero) is 1. The van der Waals surface area contributed by atoms with Gasteiger partial charge in [-0.3, -0.25) is 4.79 Å². The third-order valence-corrected chi connectivity index (χ3v) is 5.43. The molecule has 1 unspecified atom stereocenters. The molecule has 206 valence electrons. The van der Waals surface area contributed by atoms with E-state index >= 15 is 0 Å². The molecule has 0 amide bonds. The summed E-state index contributed by atoms with van der Waals surface area (Å²) in [6.07, 6.45) is 5.44. The summed E-state index contributed by atoms with van der Waals surface area (Å²) in [6, 6.07) is 13.9. The van der Waals surface area contributed by atoms with Crippen molar-refractivity contribution in [2.24, 2.45) is 0 Å². The van der Waals surface area contributed by atoms with Crippen molar-refractivity contribution in [3.63, 3.8) is 0 Å². The van der Waals surface area contributed by atoms with Crippen molar-refractivity contribution in [1.29, 1.82) is 0 Å². The smallest absolute Gasteiger partial charge is 0.283 e. The largest absolute Gasteiger partial charge is 0.388 e. The maximum absolute atomic E-state index is 13.0. The average Bonchev–Trinajstić information content (AvgIpc) is 2.95. The van der Waals surface area contributed by atoms with Crippen molar-refractivity contribution < 1.29 is 18.4 Å². The monoisotopic (exact) mass is 544 g/mol. The SMILES string of the molecule is C=C.C=O.CCCN(CCC)c1ccc(C(F)(F)P)cc1.CNc1ccc(-c2ncccn2)c(C(C)=O)c1. The molecule has 0 radical (unpaired) electrons. The van der Waals surface area contributed by atoms with Crippen LogP contribution in [0.3, 0.4) is 0 Å². The maximum atomic E-state index is 13.0. The van der Waals surface area contributed by atoms with Gasteiger partial charge in [0.25, 0.3) is 5.66 Å². The quantitative estimate of drug-likeness (QED) is 0.174. The molecule has 3 rings (SSSR count). The van der Waals surface area contributed by atoms with E-state index in [2.05, 4.69) is 47.2 Å². The molecule has 9 heteroatoms. The van der Waals surface area contributed by atoms with Crippen LogP contribution in [0.2, 0.25) is 0 Å². The van der Waals surface area contributed by atoms with E-state index in [1.54, 1.807) is 46.8 Å². The van der Waals surface area contributed by atoms with Crippen molar-refractivity contribution in [3.05, 3.63) is 85.2 Å². The van der Waals surface area contributed by atoms with E-state index in [0.717, 1.165) is 42.9 Å². The second kappa shape index (κ2) is 18.7. The minimum absolute atomic E-state index is 0.00422. The zero-order valence-corrected chi connectivity index (χ0v) is 23.9. The van der Waals surface area contributed by atoms with Gasteiger partial charge in [0.15, 0.2) is 11.6 Å². The fourth-order valence-corrected chi connectivity index (χ4v) is 3.62. The number of rotatable bonds is 9. The minimum Gasteiger partial charge on any atom is -0.388 e. The number of halogens is 2. The van der Waals surface area contributed by atoms with Crippen molar-refractivity contribution >= 4 is 33.2 Å². The Bertz CT molecular complexity index is 1070. The molecule has 0 spiro atoms. The Morgan fingerprint density at radius 1 is 1.00 bits per heavy atom. The molecule has 1 N–H and O–H groups in total. The first-order valence-corrected chi connectivity index (χ1v) is 12.7. The van der Waals surface area contributed by atoms with E-state index in [-0.39, 0.29) is 11.3 Å². The second-order valence-corrected chi connectivity index (χ2v) is 8.52. The molecule has 2 aromatic carbocycles. The lowest BCUT2D eigenvalue weighted by atomic mass is 10.0. The van der Waals surface area contributed by atoms with Crippen LogP contribution in [0.1, 0.15) is 49.5 Å². The summed E-state index contributed by atoms with van der Waals surface area (Å²) < 4.78 is 26.1. The van der Waals surface area contributed by atoms with Crippen LogP contribution in [0.15, 0.2) is 74.1 Å². The van der Waals surface area contributed by atoms with Crippen molar-refractivity contribution in [3.8, 4) is 11.4 Å². The van der Waals surface area contributed by atoms with Gasteiger partial charge in [-0.1, -0.05) is 35.2 Å². The number of alkyl halides is 2. The minimum atomic E-state index is -2.83. The number of nitrogens with one attached hydrogen (secondary N) is 1. The molecule has 0 saturated heterocycles. The molecule has 0 aliphatic carbocycles. The zero-order chi connectivity index (χ0) is 29.1. The molecular weight excluding hydrogens is 505 g/mol. The standard InChI is InChI=1S/C13H20F2NP.C13H13N3O.C2H4.CH2O/c1-3-9-16(10-4-2)12-7-5-11(6-8-12)13(14,15)17;1-9(17)12-8-10(14-2)4-5-11(12)13-15-6-3-7-16-13;2*1-2/h5-8H,3-4,9-10,17H2,1-2H3;3-8,14H,1-2H3;1-2H2;1H2. The molecule has 38 heavy (non-hydrogen) atoms. The number of anilines is 2. The van der Waals surface area contributed by atoms with Gasteiger partial charge in [0.2, 0.25) is 0 Å². The molecule has 6 nitrogen and oxygen atoms in total. The third-order valence-electron chi connectivity index (χ3n) is 5.10. The molecule has 0 saturated carbocycles. The lowest BCUT2D eigenvalue weighted by Gasteiger charge is -2.24. The van der Waals surface area contributed by atoms with Gasteiger partial charge in [0.1, 0.15) is 6.79 Å². The van der Waals surface area contributed by atoms with Crippen molar-refractivity contribution in [1.82, 2.24) is 9.97 Å². The molecule has 1 atom stereocenters. The lowest BCUT2D eigenvalue weighted by molar-refractivity contribution is -0.0980. The van der Waals surface area contributed by atoms with Crippen LogP contribution in [0.4, 0.5) is 20.2 Å². The number of hydrogen-bond acceptors (Lipinski definition) is 6. The number of benzene rings is 2. The molecule has 3 aromatic rings. The highest BCUT2D eigenvalue weighted by Crippen LogP contribution is 2.35. The zero-order valence-electron chi connectivity index (χ0n) is 22.7. The third kappa shape index (κ3) is 11.3. The first kappa shape index (κ1) is 34.5. The number of carbonyl (C=O) groups is 2. The topological polar surface area (TPSA) is 75.2 Å². The van der Waals surface area contributed by atoms with Crippen molar-refractivity contribution in [2.75, 3.05) is 30.4 Å². The molecule has 1 aromatic heterocycles. The number of carbonyl (C=O) groups excluding carboxylic acids is 2. The number of ketones is 1. The second-order valence-electron chi connectivity index (χ2n) is 7.80. The van der Waals surface area contributed by atoms with E-state index in [0.29, 0.717) is 11.4 Å². The predicted molar refractivity (Wildman–Crippen MR) is 158 cm³/mol. The molecule has 0 aliphatic rings. The summed E-state index contributed by atoms with van der Waals surface area (Å²) >= 11 is 0. The van der Waals surface area contributed by atoms with Crippen molar-refractivity contribution in [2.45, 2.75) is 39.3 Å². The van der Waals surface area contributed by atoms with Crippen LogP contribution in [0.25, 0.3) is 11.4 Å². The van der Waals surface area contributed by atoms with Gasteiger partial charge in [-0.25, -0.2) is 9.97 Å². The molecule has 1 heterocycles. The van der Waals surface area contributed by atoms with E-state index in [4.69, 9.17) is 4.79 Å². The molecule has 0 fully saturated rings. The summed E-state index contributed by atoms with van der Waals surface area (Å²) in [6.45, 7) is 15.7. The van der Waals surface area contributed by atoms with E-state index < -0.39 is 5.66 Å². The summed E-state index contributed by atoms with van der Waals surface area (Å²) in [5.74, 6) is 0.574. The first-order valence-electron chi connectivity index (χ1n) is 12.1. The Hall–Kier alpha value is -3.51. The number of nitrogens with zero attached hydrogens (tertiary/aromatic N) is 3. The fraction of sp³-hybridized carbons (Fsp3) is 0.310. The van der Waals surface area contributed by atoms with Crippen LogP contribution in [0, 0.1) is 0 Å². The van der Waals surface area contributed by atoms with Crippen LogP contribution < -0.4 is 10.2 Å². The van der Waals surface area contributed by atoms with Gasteiger partial charge < -0.3 is 15.0 Å². The number of hydrogen-bond donors (Lipinski definition) is 1. The Kier molecular flexibility index (Phi) is 17.0. The van der Waals surface area contributed by atoms with Crippen LogP contribution in [-0.4, -0.2) is 42.7 Å². The Balaban J connectivity index is 0.000000637. The van der Waals surface area contributed by atoms with Crippen LogP contribution in [-0.2, 0) is 10.5 Å². The Morgan fingerprint density at radius 2 is 1.53 bits per heavy atom. The maximum Gasteiger partial charge on any atom is 0.283 e. The summed E-state index contributed by atoms with van der Waals surface area (Å²) in [7, 11) is 3.38. The predicted octanol–water partition coefficient (Wildman–Crippen LogP) is 7.24. The van der Waals surface area contributed by atoms with Crippen LogP contribution >= 0.6 is 9.24 Å². The van der Waals surface area contributed by atoms with E-state index in [1.807, 2.05) is 32.0 Å². The van der Waals surface area contributed by atoms with Gasteiger partial charge in [-0.05, 0) is 56.2 Å².